The van der Waals surface area contributed by atoms with Crippen LogP contribution in [-0.4, -0.2) is 35.9 Å². The van der Waals surface area contributed by atoms with E-state index in [2.05, 4.69) is 35.9 Å². The standard InChI is InChI=1S/C18H22N2O3/c1-19-15-8-4-3-6-12(15)13-9-10-20-17(16(13)19)14(18(21)22-2)7-5-11-23-20/h3-4,6,8,14,17H,5,7,9-11H2,1-2H3/t14-,17+/m1/s1. The first-order valence-electron chi connectivity index (χ1n) is 8.26. The van der Waals surface area contributed by atoms with Crippen molar-refractivity contribution in [1.82, 2.24) is 9.63 Å². The van der Waals surface area contributed by atoms with Gasteiger partial charge < -0.3 is 9.30 Å². The Balaban J connectivity index is 1.91. The first-order valence-corrected chi connectivity index (χ1v) is 8.26. The topological polar surface area (TPSA) is 43.7 Å². The van der Waals surface area contributed by atoms with Crippen LogP contribution >= 0.6 is 0 Å². The summed E-state index contributed by atoms with van der Waals surface area (Å²) in [7, 11) is 3.56. The minimum Gasteiger partial charge on any atom is -0.469 e. The molecular formula is C18H22N2O3. The molecule has 3 heterocycles. The molecule has 0 unspecified atom stereocenters. The fourth-order valence-electron chi connectivity index (χ4n) is 4.21. The van der Waals surface area contributed by atoms with Crippen LogP contribution in [0.4, 0.5) is 0 Å². The zero-order valence-corrected chi connectivity index (χ0v) is 13.6. The van der Waals surface area contributed by atoms with Crippen molar-refractivity contribution in [3.8, 4) is 0 Å². The third-order valence-corrected chi connectivity index (χ3v) is 5.24. The van der Waals surface area contributed by atoms with E-state index in [1.165, 1.54) is 29.3 Å². The van der Waals surface area contributed by atoms with Gasteiger partial charge in [0.05, 0.1) is 25.7 Å². The normalized spacial score (nSPS) is 24.8. The molecule has 4 rings (SSSR count). The fourth-order valence-corrected chi connectivity index (χ4v) is 4.21. The Labute approximate surface area is 135 Å². The van der Waals surface area contributed by atoms with Crippen LogP contribution in [0.3, 0.4) is 0 Å². The summed E-state index contributed by atoms with van der Waals surface area (Å²) in [5.41, 5.74) is 3.77. The molecule has 1 aromatic carbocycles. The molecule has 5 heteroatoms. The summed E-state index contributed by atoms with van der Waals surface area (Å²) in [6.07, 6.45) is 2.63. The molecule has 0 radical (unpaired) electrons. The number of para-hydroxylation sites is 1. The number of benzene rings is 1. The second-order valence-corrected chi connectivity index (χ2v) is 6.38. The van der Waals surface area contributed by atoms with Gasteiger partial charge in [0.25, 0.3) is 0 Å². The number of methoxy groups -OCH3 is 1. The van der Waals surface area contributed by atoms with Crippen LogP contribution in [0.2, 0.25) is 0 Å². The van der Waals surface area contributed by atoms with Crippen LogP contribution in [-0.2, 0) is 27.8 Å². The van der Waals surface area contributed by atoms with E-state index in [-0.39, 0.29) is 17.9 Å². The second kappa shape index (κ2) is 5.65. The van der Waals surface area contributed by atoms with Gasteiger partial charge in [0, 0.05) is 30.2 Å². The Morgan fingerprint density at radius 1 is 1.35 bits per heavy atom. The molecule has 122 valence electrons. The molecule has 1 aromatic heterocycles. The number of ether oxygens (including phenoxy) is 1. The second-order valence-electron chi connectivity index (χ2n) is 6.38. The SMILES string of the molecule is COC(=O)[C@@H]1CCCON2CCc3c(n(C)c4ccccc34)[C@H]12. The summed E-state index contributed by atoms with van der Waals surface area (Å²) in [5.74, 6) is -0.312. The summed E-state index contributed by atoms with van der Waals surface area (Å²) < 4.78 is 7.32. The summed E-state index contributed by atoms with van der Waals surface area (Å²) in [5, 5.41) is 3.30. The number of esters is 1. The molecule has 2 aromatic rings. The van der Waals surface area contributed by atoms with Crippen molar-refractivity contribution >= 4 is 16.9 Å². The minimum atomic E-state index is -0.176. The molecule has 23 heavy (non-hydrogen) atoms. The maximum absolute atomic E-state index is 12.4. The van der Waals surface area contributed by atoms with Gasteiger partial charge in [-0.15, -0.1) is 0 Å². The van der Waals surface area contributed by atoms with Crippen LogP contribution in [0, 0.1) is 5.92 Å². The van der Waals surface area contributed by atoms with Crippen molar-refractivity contribution < 1.29 is 14.4 Å². The molecule has 0 aliphatic carbocycles. The Morgan fingerprint density at radius 3 is 3.00 bits per heavy atom. The first kappa shape index (κ1) is 14.7. The Bertz CT molecular complexity index is 752. The summed E-state index contributed by atoms with van der Waals surface area (Å²) in [6, 6.07) is 8.40. The number of rotatable bonds is 1. The molecule has 5 nitrogen and oxygen atoms in total. The van der Waals surface area contributed by atoms with E-state index in [0.29, 0.717) is 6.61 Å². The van der Waals surface area contributed by atoms with Gasteiger partial charge in [-0.05, 0) is 30.9 Å². The van der Waals surface area contributed by atoms with Crippen LogP contribution in [0.5, 0.6) is 0 Å². The van der Waals surface area contributed by atoms with Gasteiger partial charge in [-0.2, -0.15) is 5.06 Å². The van der Waals surface area contributed by atoms with Gasteiger partial charge >= 0.3 is 5.97 Å². The molecule has 1 saturated heterocycles. The number of aryl methyl sites for hydroxylation is 1. The molecule has 0 spiro atoms. The molecule has 2 aliphatic heterocycles. The lowest BCUT2D eigenvalue weighted by atomic mass is 9.87. The summed E-state index contributed by atoms with van der Waals surface area (Å²) in [6.45, 7) is 1.49. The van der Waals surface area contributed by atoms with E-state index < -0.39 is 0 Å². The Morgan fingerprint density at radius 2 is 2.17 bits per heavy atom. The van der Waals surface area contributed by atoms with Crippen LogP contribution < -0.4 is 0 Å². The van der Waals surface area contributed by atoms with E-state index >= 15 is 0 Å². The minimum absolute atomic E-state index is 0.0638. The Hall–Kier alpha value is -1.85. The number of carbonyl (C=O) groups excluding carboxylic acids is 1. The molecule has 2 atom stereocenters. The van der Waals surface area contributed by atoms with E-state index in [1.807, 2.05) is 5.06 Å². The highest BCUT2D eigenvalue weighted by atomic mass is 16.7. The van der Waals surface area contributed by atoms with Crippen molar-refractivity contribution in [2.75, 3.05) is 20.3 Å². The number of carbonyl (C=O) groups is 1. The van der Waals surface area contributed by atoms with Crippen LogP contribution in [0.1, 0.15) is 30.1 Å². The van der Waals surface area contributed by atoms with Gasteiger partial charge in [-0.1, -0.05) is 18.2 Å². The molecule has 0 N–H and O–H groups in total. The molecule has 2 aliphatic rings. The Kier molecular flexibility index (Phi) is 3.62. The van der Waals surface area contributed by atoms with Gasteiger partial charge in [-0.3, -0.25) is 9.63 Å². The lowest BCUT2D eigenvalue weighted by Gasteiger charge is -2.37. The van der Waals surface area contributed by atoms with Crippen molar-refractivity contribution in [2.24, 2.45) is 13.0 Å². The number of hydrogen-bond donors (Lipinski definition) is 0. The fraction of sp³-hybridized carbons (Fsp3) is 0.500. The van der Waals surface area contributed by atoms with Crippen LogP contribution in [0.25, 0.3) is 10.9 Å². The largest absolute Gasteiger partial charge is 0.469 e. The number of hydroxylamine groups is 2. The lowest BCUT2D eigenvalue weighted by molar-refractivity contribution is -0.198. The average Bonchev–Trinajstić information content (AvgIpc) is 2.75. The molecule has 1 fully saturated rings. The summed E-state index contributed by atoms with van der Waals surface area (Å²) >= 11 is 0. The van der Waals surface area contributed by atoms with Crippen molar-refractivity contribution in [3.63, 3.8) is 0 Å². The van der Waals surface area contributed by atoms with Gasteiger partial charge in [0.15, 0.2) is 0 Å². The van der Waals surface area contributed by atoms with E-state index in [0.717, 1.165) is 25.8 Å². The third kappa shape index (κ3) is 2.18. The molecule has 0 bridgehead atoms. The van der Waals surface area contributed by atoms with E-state index in [1.54, 1.807) is 0 Å². The zero-order valence-electron chi connectivity index (χ0n) is 13.6. The van der Waals surface area contributed by atoms with Gasteiger partial charge in [0.1, 0.15) is 0 Å². The summed E-state index contributed by atoms with van der Waals surface area (Å²) in [4.78, 5) is 18.3. The quantitative estimate of drug-likeness (QED) is 0.759. The predicted octanol–water partition coefficient (Wildman–Crippen LogP) is 2.59. The smallest absolute Gasteiger partial charge is 0.310 e. The zero-order chi connectivity index (χ0) is 16.0. The number of aromatic nitrogens is 1. The number of nitrogens with zero attached hydrogens (tertiary/aromatic N) is 2. The number of hydrogen-bond acceptors (Lipinski definition) is 4. The molecule has 0 saturated carbocycles. The number of fused-ring (bicyclic) bond motifs is 5. The highest BCUT2D eigenvalue weighted by molar-refractivity contribution is 5.86. The average molecular weight is 314 g/mol. The van der Waals surface area contributed by atoms with E-state index in [9.17, 15) is 4.79 Å². The van der Waals surface area contributed by atoms with Crippen LogP contribution in [0.15, 0.2) is 24.3 Å². The monoisotopic (exact) mass is 314 g/mol. The van der Waals surface area contributed by atoms with E-state index in [4.69, 9.17) is 9.57 Å². The highest BCUT2D eigenvalue weighted by Crippen LogP contribution is 2.43. The molecular weight excluding hydrogens is 292 g/mol. The van der Waals surface area contributed by atoms with Crippen molar-refractivity contribution in [3.05, 3.63) is 35.5 Å². The van der Waals surface area contributed by atoms with Crippen molar-refractivity contribution in [1.29, 1.82) is 0 Å². The highest BCUT2D eigenvalue weighted by Gasteiger charge is 2.42. The maximum atomic E-state index is 12.4. The predicted molar refractivity (Wildman–Crippen MR) is 86.8 cm³/mol. The maximum Gasteiger partial charge on any atom is 0.310 e. The lowest BCUT2D eigenvalue weighted by Crippen LogP contribution is -2.41. The molecule has 0 amide bonds. The third-order valence-electron chi connectivity index (χ3n) is 5.24. The first-order chi connectivity index (χ1) is 11.2. The van der Waals surface area contributed by atoms with Gasteiger partial charge in [0.2, 0.25) is 0 Å². The van der Waals surface area contributed by atoms with Crippen molar-refractivity contribution in [2.45, 2.75) is 25.3 Å². The van der Waals surface area contributed by atoms with Gasteiger partial charge in [-0.25, -0.2) is 0 Å².